The van der Waals surface area contributed by atoms with E-state index in [1.165, 1.54) is 0 Å². The van der Waals surface area contributed by atoms with E-state index in [1.54, 1.807) is 12.5 Å². The number of fused-ring (bicyclic) bond motifs is 1. The molecule has 0 aliphatic rings. The van der Waals surface area contributed by atoms with Crippen molar-refractivity contribution in [2.45, 2.75) is 13.3 Å². The smallest absolute Gasteiger partial charge is 0.307 e. The van der Waals surface area contributed by atoms with Crippen LogP contribution in [0.2, 0.25) is 5.02 Å². The molecule has 6 heteroatoms. The zero-order chi connectivity index (χ0) is 19.8. The van der Waals surface area contributed by atoms with E-state index in [0.29, 0.717) is 5.02 Å². The first-order valence-corrected chi connectivity index (χ1v) is 9.19. The summed E-state index contributed by atoms with van der Waals surface area (Å²) in [5.41, 5.74) is 6.05. The molecule has 5 nitrogen and oxygen atoms in total. The van der Waals surface area contributed by atoms with Crippen molar-refractivity contribution in [3.63, 3.8) is 0 Å². The Hall–Kier alpha value is -3.18. The number of imidazole rings is 1. The second-order valence-corrected chi connectivity index (χ2v) is 7.21. The maximum atomic E-state index is 11.5. The van der Waals surface area contributed by atoms with Gasteiger partial charge in [0.1, 0.15) is 0 Å². The van der Waals surface area contributed by atoms with Gasteiger partial charge in [-0.05, 0) is 59.5 Å². The summed E-state index contributed by atoms with van der Waals surface area (Å²) in [7, 11) is 1.93. The largest absolute Gasteiger partial charge is 0.481 e. The molecule has 0 spiro atoms. The van der Waals surface area contributed by atoms with E-state index in [4.69, 9.17) is 16.6 Å². The Morgan fingerprint density at radius 3 is 2.57 bits per heavy atom. The molecule has 2 aromatic heterocycles. The number of carboxylic acids is 1. The van der Waals surface area contributed by atoms with Gasteiger partial charge < -0.3 is 9.67 Å². The van der Waals surface area contributed by atoms with Gasteiger partial charge in [0.2, 0.25) is 0 Å². The normalized spacial score (nSPS) is 11.1. The molecular weight excluding hydrogens is 374 g/mol. The number of nitrogens with zero attached hydrogens (tertiary/aromatic N) is 3. The lowest BCUT2D eigenvalue weighted by molar-refractivity contribution is -0.136. The Morgan fingerprint density at radius 2 is 1.93 bits per heavy atom. The number of benzene rings is 2. The van der Waals surface area contributed by atoms with Crippen LogP contribution >= 0.6 is 11.6 Å². The summed E-state index contributed by atoms with van der Waals surface area (Å²) in [5.74, 6) is -0.864. The van der Waals surface area contributed by atoms with Crippen molar-refractivity contribution in [2.75, 3.05) is 0 Å². The van der Waals surface area contributed by atoms with Crippen LogP contribution in [0.15, 0.2) is 55.0 Å². The zero-order valence-corrected chi connectivity index (χ0v) is 16.2. The Morgan fingerprint density at radius 1 is 1.18 bits per heavy atom. The molecule has 0 aliphatic heterocycles. The molecule has 0 saturated carbocycles. The number of aliphatic carboxylic acids is 1. The van der Waals surface area contributed by atoms with E-state index < -0.39 is 5.97 Å². The number of aromatic nitrogens is 3. The third-order valence-electron chi connectivity index (χ3n) is 4.87. The highest BCUT2D eigenvalue weighted by molar-refractivity contribution is 6.30. The number of rotatable bonds is 4. The number of carboxylic acid groups (broad SMARTS) is 1. The SMILES string of the molecule is Cc1cc2nc(-c3cncn3C)ccc2c(-c2ccc(Cl)cc2)c1CC(=O)O. The summed E-state index contributed by atoms with van der Waals surface area (Å²) in [6.07, 6.45) is 3.46. The molecule has 28 heavy (non-hydrogen) atoms. The van der Waals surface area contributed by atoms with Gasteiger partial charge in [-0.25, -0.2) is 9.97 Å². The molecule has 2 heterocycles. The predicted molar refractivity (Wildman–Crippen MR) is 110 cm³/mol. The van der Waals surface area contributed by atoms with Crippen LogP contribution in [0.1, 0.15) is 11.1 Å². The van der Waals surface area contributed by atoms with Crippen LogP contribution < -0.4 is 0 Å². The van der Waals surface area contributed by atoms with Gasteiger partial charge in [0.05, 0.1) is 35.8 Å². The van der Waals surface area contributed by atoms with Gasteiger partial charge in [0.25, 0.3) is 0 Å². The maximum Gasteiger partial charge on any atom is 0.307 e. The lowest BCUT2D eigenvalue weighted by atomic mass is 9.90. The van der Waals surface area contributed by atoms with Crippen LogP contribution in [0.5, 0.6) is 0 Å². The molecular formula is C22H18ClN3O2. The Balaban J connectivity index is 2.00. The van der Waals surface area contributed by atoms with Gasteiger partial charge >= 0.3 is 5.97 Å². The number of pyridine rings is 1. The van der Waals surface area contributed by atoms with E-state index in [1.807, 2.05) is 61.0 Å². The topological polar surface area (TPSA) is 68.0 Å². The van der Waals surface area contributed by atoms with E-state index in [0.717, 1.165) is 44.5 Å². The average Bonchev–Trinajstić information content (AvgIpc) is 3.08. The Kier molecular flexibility index (Phi) is 4.61. The van der Waals surface area contributed by atoms with E-state index in [-0.39, 0.29) is 6.42 Å². The third-order valence-corrected chi connectivity index (χ3v) is 5.12. The van der Waals surface area contributed by atoms with Gasteiger partial charge in [-0.2, -0.15) is 0 Å². The second-order valence-electron chi connectivity index (χ2n) is 6.78. The van der Waals surface area contributed by atoms with Crippen LogP contribution in [0.4, 0.5) is 0 Å². The Labute approximate surface area is 167 Å². The van der Waals surface area contributed by atoms with Gasteiger partial charge in [0.15, 0.2) is 0 Å². The van der Waals surface area contributed by atoms with E-state index in [2.05, 4.69) is 4.98 Å². The summed E-state index contributed by atoms with van der Waals surface area (Å²) in [5, 5.41) is 11.0. The number of hydrogen-bond acceptors (Lipinski definition) is 3. The fourth-order valence-electron chi connectivity index (χ4n) is 3.52. The van der Waals surface area contributed by atoms with Gasteiger partial charge in [-0.3, -0.25) is 4.79 Å². The van der Waals surface area contributed by atoms with Crippen molar-refractivity contribution >= 4 is 28.5 Å². The fourth-order valence-corrected chi connectivity index (χ4v) is 3.65. The molecule has 0 aliphatic carbocycles. The van der Waals surface area contributed by atoms with Crippen LogP contribution in [0.3, 0.4) is 0 Å². The predicted octanol–water partition coefficient (Wildman–Crippen LogP) is 4.89. The summed E-state index contributed by atoms with van der Waals surface area (Å²) in [6.45, 7) is 1.93. The number of aryl methyl sites for hydroxylation is 2. The number of hydrogen-bond donors (Lipinski definition) is 1. The van der Waals surface area contributed by atoms with Crippen molar-refractivity contribution in [3.8, 4) is 22.5 Å². The first-order valence-electron chi connectivity index (χ1n) is 8.81. The minimum Gasteiger partial charge on any atom is -0.481 e. The van der Waals surface area contributed by atoms with Crippen LogP contribution in [-0.4, -0.2) is 25.6 Å². The molecule has 1 N–H and O–H groups in total. The zero-order valence-electron chi connectivity index (χ0n) is 15.5. The lowest BCUT2D eigenvalue weighted by Gasteiger charge is -2.16. The molecule has 0 unspecified atom stereocenters. The summed E-state index contributed by atoms with van der Waals surface area (Å²) >= 11 is 6.05. The highest BCUT2D eigenvalue weighted by Gasteiger charge is 2.17. The van der Waals surface area contributed by atoms with Gasteiger partial charge in [-0.15, -0.1) is 0 Å². The number of carbonyl (C=O) groups is 1. The average molecular weight is 392 g/mol. The molecule has 0 saturated heterocycles. The molecule has 140 valence electrons. The first-order chi connectivity index (χ1) is 13.4. The highest BCUT2D eigenvalue weighted by atomic mass is 35.5. The monoisotopic (exact) mass is 391 g/mol. The van der Waals surface area contributed by atoms with Crippen molar-refractivity contribution in [1.29, 1.82) is 0 Å². The molecule has 0 atom stereocenters. The first kappa shape index (κ1) is 18.2. The highest BCUT2D eigenvalue weighted by Crippen LogP contribution is 2.36. The van der Waals surface area contributed by atoms with Crippen molar-refractivity contribution in [1.82, 2.24) is 14.5 Å². The molecule has 0 bridgehead atoms. The van der Waals surface area contributed by atoms with Crippen molar-refractivity contribution in [3.05, 3.63) is 71.1 Å². The van der Waals surface area contributed by atoms with Crippen molar-refractivity contribution < 1.29 is 9.90 Å². The number of halogens is 1. The quantitative estimate of drug-likeness (QED) is 0.537. The van der Waals surface area contributed by atoms with Crippen LogP contribution in [0.25, 0.3) is 33.4 Å². The van der Waals surface area contributed by atoms with E-state index >= 15 is 0 Å². The molecule has 0 fully saturated rings. The second kappa shape index (κ2) is 7.09. The lowest BCUT2D eigenvalue weighted by Crippen LogP contribution is -2.05. The maximum absolute atomic E-state index is 11.5. The molecule has 2 aromatic carbocycles. The molecule has 4 aromatic rings. The van der Waals surface area contributed by atoms with Gasteiger partial charge in [-0.1, -0.05) is 23.7 Å². The van der Waals surface area contributed by atoms with Crippen molar-refractivity contribution in [2.24, 2.45) is 7.05 Å². The molecule has 0 radical (unpaired) electrons. The third kappa shape index (κ3) is 3.25. The summed E-state index contributed by atoms with van der Waals surface area (Å²) < 4.78 is 1.92. The Bertz CT molecular complexity index is 1200. The minimum absolute atomic E-state index is 0.0524. The molecule has 0 amide bonds. The standard InChI is InChI=1S/C22H18ClN3O2/c1-13-9-19-16(7-8-18(25-19)20-11-24-12-26(20)2)22(17(13)10-21(27)28)14-3-5-15(23)6-4-14/h3-9,11-12H,10H2,1-2H3,(H,27,28). The summed E-state index contributed by atoms with van der Waals surface area (Å²) in [6, 6.07) is 13.3. The summed E-state index contributed by atoms with van der Waals surface area (Å²) in [4.78, 5) is 20.5. The minimum atomic E-state index is -0.864. The van der Waals surface area contributed by atoms with Gasteiger partial charge in [0, 0.05) is 17.5 Å². The van der Waals surface area contributed by atoms with E-state index in [9.17, 15) is 9.90 Å². The molecule has 4 rings (SSSR count). The van der Waals surface area contributed by atoms with Crippen LogP contribution in [-0.2, 0) is 18.3 Å². The van der Waals surface area contributed by atoms with Crippen LogP contribution in [0, 0.1) is 6.92 Å². The fraction of sp³-hybridized carbons (Fsp3) is 0.136.